The van der Waals surface area contributed by atoms with Gasteiger partial charge in [-0.05, 0) is 50.7 Å². The van der Waals surface area contributed by atoms with Crippen LogP contribution in [0.1, 0.15) is 55.7 Å². The first-order valence-electron chi connectivity index (χ1n) is 7.46. The number of hydrogen-bond donors (Lipinski definition) is 1. The highest BCUT2D eigenvalue weighted by molar-refractivity contribution is 5.30. The van der Waals surface area contributed by atoms with Crippen LogP contribution in [-0.2, 0) is 6.54 Å². The van der Waals surface area contributed by atoms with E-state index >= 15 is 0 Å². The summed E-state index contributed by atoms with van der Waals surface area (Å²) >= 11 is 0. The monoisotopic (exact) mass is 245 g/mol. The number of benzene rings is 1. The lowest BCUT2D eigenvalue weighted by Crippen LogP contribution is -2.34. The van der Waals surface area contributed by atoms with E-state index in [-0.39, 0.29) is 0 Å². The van der Waals surface area contributed by atoms with Gasteiger partial charge in [0, 0.05) is 12.6 Å². The molecule has 1 aromatic carbocycles. The maximum atomic E-state index is 3.73. The molecule has 1 aliphatic carbocycles. The summed E-state index contributed by atoms with van der Waals surface area (Å²) in [4.78, 5) is 0. The van der Waals surface area contributed by atoms with Gasteiger partial charge in [0.2, 0.25) is 0 Å². The van der Waals surface area contributed by atoms with Crippen LogP contribution in [0, 0.1) is 19.8 Å². The van der Waals surface area contributed by atoms with Gasteiger partial charge in [-0.15, -0.1) is 0 Å². The Labute approximate surface area is 112 Å². The molecule has 0 spiro atoms. The van der Waals surface area contributed by atoms with Crippen molar-refractivity contribution in [2.75, 3.05) is 0 Å². The van der Waals surface area contributed by atoms with Crippen molar-refractivity contribution in [2.24, 2.45) is 5.92 Å². The first-order chi connectivity index (χ1) is 8.66. The molecule has 0 saturated heterocycles. The normalized spacial score (nSPS) is 18.8. The van der Waals surface area contributed by atoms with Gasteiger partial charge >= 0.3 is 0 Å². The molecule has 1 aromatic rings. The summed E-state index contributed by atoms with van der Waals surface area (Å²) in [7, 11) is 0. The molecule has 0 heterocycles. The van der Waals surface area contributed by atoms with Gasteiger partial charge in [-0.3, -0.25) is 0 Å². The van der Waals surface area contributed by atoms with Crippen LogP contribution in [0.2, 0.25) is 0 Å². The van der Waals surface area contributed by atoms with Crippen LogP contribution in [0.3, 0.4) is 0 Å². The van der Waals surface area contributed by atoms with E-state index < -0.39 is 0 Å². The Kier molecular flexibility index (Phi) is 4.82. The third-order valence-electron chi connectivity index (χ3n) is 4.47. The number of hydrogen-bond acceptors (Lipinski definition) is 1. The topological polar surface area (TPSA) is 12.0 Å². The van der Waals surface area contributed by atoms with Crippen molar-refractivity contribution in [3.63, 3.8) is 0 Å². The van der Waals surface area contributed by atoms with Gasteiger partial charge in [-0.1, -0.05) is 43.0 Å². The maximum Gasteiger partial charge on any atom is 0.0210 e. The van der Waals surface area contributed by atoms with Gasteiger partial charge in [0.25, 0.3) is 0 Å². The summed E-state index contributed by atoms with van der Waals surface area (Å²) in [5.74, 6) is 0.893. The standard InChI is InChI=1S/C17H27N/c1-13-9-10-17(14(2)11-13)12-18-15(3)16-7-5-4-6-8-16/h9-11,15-16,18H,4-8,12H2,1-3H3/t15-/m1/s1. The summed E-state index contributed by atoms with van der Waals surface area (Å²) in [6, 6.07) is 7.43. The molecule has 1 aliphatic rings. The molecule has 0 amide bonds. The summed E-state index contributed by atoms with van der Waals surface area (Å²) in [6.45, 7) is 7.76. The second-order valence-corrected chi connectivity index (χ2v) is 6.00. The predicted octanol–water partition coefficient (Wildman–Crippen LogP) is 4.36. The lowest BCUT2D eigenvalue weighted by atomic mass is 9.84. The molecule has 0 unspecified atom stereocenters. The molecule has 1 fully saturated rings. The lowest BCUT2D eigenvalue weighted by Gasteiger charge is -2.28. The number of aryl methyl sites for hydroxylation is 2. The fraction of sp³-hybridized carbons (Fsp3) is 0.647. The molecule has 1 nitrogen and oxygen atoms in total. The van der Waals surface area contributed by atoms with E-state index in [1.54, 1.807) is 0 Å². The molecule has 0 aliphatic heterocycles. The fourth-order valence-corrected chi connectivity index (χ4v) is 3.12. The second-order valence-electron chi connectivity index (χ2n) is 6.00. The van der Waals surface area contributed by atoms with Crippen LogP contribution in [0.15, 0.2) is 18.2 Å². The van der Waals surface area contributed by atoms with Crippen molar-refractivity contribution in [3.05, 3.63) is 34.9 Å². The summed E-state index contributed by atoms with van der Waals surface area (Å²) < 4.78 is 0. The molecule has 2 rings (SSSR count). The number of rotatable bonds is 4. The van der Waals surface area contributed by atoms with E-state index in [1.807, 2.05) is 0 Å². The lowest BCUT2D eigenvalue weighted by molar-refractivity contribution is 0.280. The summed E-state index contributed by atoms with van der Waals surface area (Å²) in [5.41, 5.74) is 4.22. The molecule has 0 aromatic heterocycles. The van der Waals surface area contributed by atoms with E-state index in [9.17, 15) is 0 Å². The van der Waals surface area contributed by atoms with Crippen LogP contribution in [0.4, 0.5) is 0 Å². The Morgan fingerprint density at radius 2 is 1.89 bits per heavy atom. The van der Waals surface area contributed by atoms with E-state index in [2.05, 4.69) is 44.3 Å². The predicted molar refractivity (Wildman–Crippen MR) is 78.8 cm³/mol. The summed E-state index contributed by atoms with van der Waals surface area (Å²) in [5, 5.41) is 3.73. The first-order valence-corrected chi connectivity index (χ1v) is 7.46. The zero-order valence-corrected chi connectivity index (χ0v) is 12.1. The zero-order valence-electron chi connectivity index (χ0n) is 12.1. The Hall–Kier alpha value is -0.820. The SMILES string of the molecule is Cc1ccc(CN[C@H](C)C2CCCCC2)c(C)c1. The van der Waals surface area contributed by atoms with E-state index in [0.717, 1.165) is 12.5 Å². The summed E-state index contributed by atoms with van der Waals surface area (Å²) in [6.07, 6.45) is 7.14. The molecule has 1 heteroatoms. The Balaban J connectivity index is 1.86. The highest BCUT2D eigenvalue weighted by Gasteiger charge is 2.19. The molecule has 18 heavy (non-hydrogen) atoms. The average Bonchev–Trinajstić information content (AvgIpc) is 2.38. The third-order valence-corrected chi connectivity index (χ3v) is 4.47. The van der Waals surface area contributed by atoms with Crippen molar-refractivity contribution >= 4 is 0 Å². The van der Waals surface area contributed by atoms with Crippen molar-refractivity contribution in [1.29, 1.82) is 0 Å². The maximum absolute atomic E-state index is 3.73. The van der Waals surface area contributed by atoms with Gasteiger partial charge in [0.1, 0.15) is 0 Å². The van der Waals surface area contributed by atoms with Gasteiger partial charge in [-0.2, -0.15) is 0 Å². The molecule has 0 bridgehead atoms. The minimum absolute atomic E-state index is 0.658. The van der Waals surface area contributed by atoms with E-state index in [0.29, 0.717) is 6.04 Å². The second kappa shape index (κ2) is 6.38. The van der Waals surface area contributed by atoms with Crippen LogP contribution < -0.4 is 5.32 Å². The van der Waals surface area contributed by atoms with Gasteiger partial charge in [0.15, 0.2) is 0 Å². The molecule has 1 atom stereocenters. The van der Waals surface area contributed by atoms with Gasteiger partial charge in [0.05, 0.1) is 0 Å². The van der Waals surface area contributed by atoms with Gasteiger partial charge < -0.3 is 5.32 Å². The highest BCUT2D eigenvalue weighted by Crippen LogP contribution is 2.26. The van der Waals surface area contributed by atoms with Gasteiger partial charge in [-0.25, -0.2) is 0 Å². The van der Waals surface area contributed by atoms with Crippen LogP contribution in [0.25, 0.3) is 0 Å². The largest absolute Gasteiger partial charge is 0.310 e. The minimum Gasteiger partial charge on any atom is -0.310 e. The Morgan fingerprint density at radius 1 is 1.17 bits per heavy atom. The van der Waals surface area contributed by atoms with Crippen molar-refractivity contribution in [1.82, 2.24) is 5.32 Å². The third kappa shape index (κ3) is 3.58. The quantitative estimate of drug-likeness (QED) is 0.831. The highest BCUT2D eigenvalue weighted by atomic mass is 14.9. The Bertz CT molecular complexity index is 377. The van der Waals surface area contributed by atoms with Crippen molar-refractivity contribution in [3.8, 4) is 0 Å². The molecule has 1 saturated carbocycles. The molecule has 1 N–H and O–H groups in total. The molecule has 100 valence electrons. The zero-order chi connectivity index (χ0) is 13.0. The van der Waals surface area contributed by atoms with Crippen molar-refractivity contribution in [2.45, 2.75) is 65.5 Å². The number of nitrogens with one attached hydrogen (secondary N) is 1. The first kappa shape index (κ1) is 13.6. The van der Waals surface area contributed by atoms with E-state index in [1.165, 1.54) is 48.8 Å². The van der Waals surface area contributed by atoms with Crippen LogP contribution >= 0.6 is 0 Å². The van der Waals surface area contributed by atoms with Crippen LogP contribution in [0.5, 0.6) is 0 Å². The van der Waals surface area contributed by atoms with Crippen molar-refractivity contribution < 1.29 is 0 Å². The molecule has 0 radical (unpaired) electrons. The smallest absolute Gasteiger partial charge is 0.0210 e. The molecular formula is C17H27N. The van der Waals surface area contributed by atoms with Crippen LogP contribution in [-0.4, -0.2) is 6.04 Å². The average molecular weight is 245 g/mol. The Morgan fingerprint density at radius 3 is 2.56 bits per heavy atom. The minimum atomic E-state index is 0.658. The van der Waals surface area contributed by atoms with E-state index in [4.69, 9.17) is 0 Å². The fourth-order valence-electron chi connectivity index (χ4n) is 3.12. The molecular weight excluding hydrogens is 218 g/mol.